The van der Waals surface area contributed by atoms with E-state index in [0.717, 1.165) is 25.7 Å². The molecule has 6 rings (SSSR count). The maximum atomic E-state index is 15.8. The Kier molecular flexibility index (Phi) is 7.95. The van der Waals surface area contributed by atoms with Gasteiger partial charge in [-0.2, -0.15) is 12.6 Å². The fourth-order valence-electron chi connectivity index (χ4n) is 12.7. The highest BCUT2D eigenvalue weighted by atomic mass is 32.1. The Morgan fingerprint density at radius 3 is 2.30 bits per heavy atom. The number of esters is 1. The van der Waals surface area contributed by atoms with Crippen molar-refractivity contribution in [2.24, 2.45) is 50.6 Å². The molecule has 6 fully saturated rings. The van der Waals surface area contributed by atoms with Crippen LogP contribution in [0.4, 0.5) is 8.78 Å². The first kappa shape index (κ1) is 34.8. The van der Waals surface area contributed by atoms with Crippen molar-refractivity contribution in [1.82, 2.24) is 5.32 Å². The fraction of sp³-hybridized carbons (Fsp3) is 0.943. The zero-order valence-electron chi connectivity index (χ0n) is 28.6. The lowest BCUT2D eigenvalue weighted by Crippen LogP contribution is -2.64. The van der Waals surface area contributed by atoms with Crippen LogP contribution in [0.25, 0.3) is 0 Å². The molecule has 8 nitrogen and oxygen atoms in total. The summed E-state index contributed by atoms with van der Waals surface area (Å²) in [5.74, 6) is -4.61. The van der Waals surface area contributed by atoms with Gasteiger partial charge in [0.15, 0.2) is 0 Å². The Hall–Kier alpha value is -1.01. The van der Waals surface area contributed by atoms with Gasteiger partial charge < -0.3 is 30.7 Å². The number of amides is 1. The maximum Gasteiger partial charge on any atom is 0.325 e. The lowest BCUT2D eigenvalue weighted by molar-refractivity contribution is -0.251. The molecule has 11 heteroatoms. The second kappa shape index (κ2) is 10.5. The summed E-state index contributed by atoms with van der Waals surface area (Å²) in [5, 5.41) is 25.3. The highest BCUT2D eigenvalue weighted by Gasteiger charge is 2.86. The summed E-state index contributed by atoms with van der Waals surface area (Å²) in [6.45, 7) is 13.1. The lowest BCUT2D eigenvalue weighted by atomic mass is 9.41. The van der Waals surface area contributed by atoms with Crippen molar-refractivity contribution in [3.63, 3.8) is 0 Å². The molecule has 2 spiro atoms. The fourth-order valence-corrected chi connectivity index (χ4v) is 12.9. The van der Waals surface area contributed by atoms with E-state index < -0.39 is 65.1 Å². The van der Waals surface area contributed by atoms with Crippen LogP contribution in [-0.4, -0.2) is 75.9 Å². The Balaban J connectivity index is 1.34. The Bertz CT molecular complexity index is 1280. The number of alkyl halides is 2. The first-order valence-corrected chi connectivity index (χ1v) is 18.0. The molecule has 1 saturated heterocycles. The molecule has 5 saturated carbocycles. The number of thiol groups is 1. The molecule has 1 heterocycles. The highest BCUT2D eigenvalue weighted by Crippen LogP contribution is 2.90. The second-order valence-electron chi connectivity index (χ2n) is 17.9. The number of hydrogen-bond acceptors (Lipinski definition) is 8. The minimum atomic E-state index is -2.91. The number of halogens is 2. The third-order valence-electron chi connectivity index (χ3n) is 15.1. The van der Waals surface area contributed by atoms with Crippen molar-refractivity contribution in [1.29, 1.82) is 0 Å². The van der Waals surface area contributed by atoms with Crippen molar-refractivity contribution < 1.29 is 38.1 Å². The average Bonchev–Trinajstić information content (AvgIpc) is 3.32. The van der Waals surface area contributed by atoms with Gasteiger partial charge in [0.25, 0.3) is 5.92 Å². The largest absolute Gasteiger partial charge is 0.461 e. The number of aliphatic hydroxyl groups is 2. The Labute approximate surface area is 278 Å². The standard InChI is InChI=1S/C35H56F2N2O6S/c1-28(2)26-21(44-24(41)16-39-27(42)19(38)17-46)14-22-31(6)15-20(40)25(32(7)9-8-23(45-32)29(3,4)43)30(31,5)10-11-33(22)18-34(26,33)12-13-35(28,36)37/h19-23,25-26,40,43,46H,8-18,38H2,1-7H3,(H,39,42)/t19-,20-,21-,22-,23-,25-,26-,30+,31-,32-,33-,34+/m0/s1. The predicted molar refractivity (Wildman–Crippen MR) is 172 cm³/mol. The van der Waals surface area contributed by atoms with E-state index in [4.69, 9.17) is 15.2 Å². The maximum absolute atomic E-state index is 15.8. The van der Waals surface area contributed by atoms with Gasteiger partial charge >= 0.3 is 5.97 Å². The van der Waals surface area contributed by atoms with E-state index in [9.17, 15) is 19.8 Å². The summed E-state index contributed by atoms with van der Waals surface area (Å²) in [6.07, 6.45) is 3.53. The third kappa shape index (κ3) is 4.56. The molecule has 1 amide bonds. The Morgan fingerprint density at radius 2 is 1.70 bits per heavy atom. The molecule has 6 aliphatic rings. The van der Waals surface area contributed by atoms with Gasteiger partial charge in [0.05, 0.1) is 29.5 Å². The molecule has 5 N–H and O–H groups in total. The topological polar surface area (TPSA) is 131 Å². The van der Waals surface area contributed by atoms with E-state index in [1.807, 2.05) is 0 Å². The van der Waals surface area contributed by atoms with Gasteiger partial charge in [0.1, 0.15) is 12.6 Å². The molecular weight excluding hydrogens is 614 g/mol. The van der Waals surface area contributed by atoms with Gasteiger partial charge in [0.2, 0.25) is 5.91 Å². The highest BCUT2D eigenvalue weighted by molar-refractivity contribution is 7.80. The minimum Gasteiger partial charge on any atom is -0.461 e. The van der Waals surface area contributed by atoms with Crippen molar-refractivity contribution in [3.8, 4) is 0 Å². The Morgan fingerprint density at radius 1 is 1.04 bits per heavy atom. The molecule has 0 radical (unpaired) electrons. The third-order valence-corrected chi connectivity index (χ3v) is 15.5. The van der Waals surface area contributed by atoms with E-state index in [-0.39, 0.29) is 51.8 Å². The van der Waals surface area contributed by atoms with Crippen LogP contribution in [-0.2, 0) is 19.1 Å². The molecule has 5 aliphatic carbocycles. The number of aliphatic hydroxyl groups excluding tert-OH is 1. The van der Waals surface area contributed by atoms with Crippen LogP contribution in [0.3, 0.4) is 0 Å². The van der Waals surface area contributed by atoms with Crippen LogP contribution in [0.5, 0.6) is 0 Å². The first-order chi connectivity index (χ1) is 21.1. The summed E-state index contributed by atoms with van der Waals surface area (Å²) in [5.41, 5.74) is 1.54. The number of carbonyl (C=O) groups is 2. The van der Waals surface area contributed by atoms with Gasteiger partial charge in [-0.25, -0.2) is 8.78 Å². The molecule has 0 aromatic heterocycles. The second-order valence-corrected chi connectivity index (χ2v) is 18.3. The number of nitrogens with two attached hydrogens (primary N) is 1. The molecule has 0 aromatic rings. The van der Waals surface area contributed by atoms with Crippen molar-refractivity contribution in [2.75, 3.05) is 12.3 Å². The molecule has 1 aliphatic heterocycles. The van der Waals surface area contributed by atoms with E-state index >= 15 is 8.78 Å². The number of fused-ring (bicyclic) bond motifs is 2. The van der Waals surface area contributed by atoms with Crippen LogP contribution in [0.1, 0.15) is 106 Å². The molecule has 12 atom stereocenters. The molecule has 262 valence electrons. The minimum absolute atomic E-state index is 0.0530. The molecular formula is C35H56F2N2O6S. The van der Waals surface area contributed by atoms with E-state index in [1.165, 1.54) is 0 Å². The number of carbonyl (C=O) groups excluding carboxylic acids is 2. The summed E-state index contributed by atoms with van der Waals surface area (Å²) in [6, 6.07) is -0.872. The summed E-state index contributed by atoms with van der Waals surface area (Å²) in [4.78, 5) is 25.6. The van der Waals surface area contributed by atoms with E-state index in [0.29, 0.717) is 25.7 Å². The monoisotopic (exact) mass is 670 g/mol. The van der Waals surface area contributed by atoms with Crippen LogP contribution in [0, 0.1) is 44.8 Å². The number of hydrogen-bond donors (Lipinski definition) is 5. The molecule has 0 unspecified atom stereocenters. The predicted octanol–water partition coefficient (Wildman–Crippen LogP) is 4.64. The van der Waals surface area contributed by atoms with Crippen molar-refractivity contribution in [3.05, 3.63) is 0 Å². The van der Waals surface area contributed by atoms with Gasteiger partial charge in [-0.05, 0) is 99.7 Å². The average molecular weight is 671 g/mol. The van der Waals surface area contributed by atoms with Crippen molar-refractivity contribution >= 4 is 24.5 Å². The van der Waals surface area contributed by atoms with E-state index in [2.05, 4.69) is 38.7 Å². The lowest BCUT2D eigenvalue weighted by Gasteiger charge is -2.65. The van der Waals surface area contributed by atoms with Gasteiger partial charge in [-0.1, -0.05) is 27.7 Å². The summed E-state index contributed by atoms with van der Waals surface area (Å²) in [7, 11) is 0. The quantitative estimate of drug-likeness (QED) is 0.197. The molecule has 0 bridgehead atoms. The SMILES string of the molecule is CC(C)(O)[C@@H]1CC[C@@](C)([C@H]2[C@@H](O)C[C@@]3(C)[C@@H]4C[C@H](OC(=O)CNC(=O)[C@@H](N)CS)[C@H]5C(C)(C)C(F)(F)CC[C@@]56C[C@@]46CC[C@]23C)O1. The van der Waals surface area contributed by atoms with Crippen LogP contribution in [0.15, 0.2) is 0 Å². The van der Waals surface area contributed by atoms with Gasteiger partial charge in [-0.15, -0.1) is 0 Å². The van der Waals surface area contributed by atoms with Crippen LogP contribution in [0.2, 0.25) is 0 Å². The molecule has 0 aromatic carbocycles. The number of rotatable bonds is 7. The first-order valence-electron chi connectivity index (χ1n) is 17.4. The summed E-state index contributed by atoms with van der Waals surface area (Å²) >= 11 is 4.05. The summed E-state index contributed by atoms with van der Waals surface area (Å²) < 4.78 is 44.4. The van der Waals surface area contributed by atoms with Gasteiger partial charge in [-0.3, -0.25) is 9.59 Å². The normalized spacial score (nSPS) is 49.2. The van der Waals surface area contributed by atoms with Gasteiger partial charge in [0, 0.05) is 29.4 Å². The van der Waals surface area contributed by atoms with Crippen LogP contribution >= 0.6 is 12.6 Å². The van der Waals surface area contributed by atoms with Crippen molar-refractivity contribution in [2.45, 2.75) is 148 Å². The number of ether oxygens (including phenoxy) is 2. The zero-order chi connectivity index (χ0) is 34.1. The van der Waals surface area contributed by atoms with E-state index in [1.54, 1.807) is 27.7 Å². The smallest absolute Gasteiger partial charge is 0.325 e. The number of nitrogens with one attached hydrogen (secondary N) is 1. The zero-order valence-corrected chi connectivity index (χ0v) is 29.5. The molecule has 46 heavy (non-hydrogen) atoms. The van der Waals surface area contributed by atoms with Crippen LogP contribution < -0.4 is 11.1 Å².